The Morgan fingerprint density at radius 1 is 0.929 bits per heavy atom. The summed E-state index contributed by atoms with van der Waals surface area (Å²) in [5.74, 6) is 0. The van der Waals surface area contributed by atoms with Crippen molar-refractivity contribution in [3.05, 3.63) is 23.3 Å². The molecule has 3 rings (SSSR count). The molecule has 0 aromatic carbocycles. The first-order valence-electron chi connectivity index (χ1n) is 6.30. The molecule has 0 heteroatoms. The highest BCUT2D eigenvalue weighted by atomic mass is 14.4. The third-order valence-corrected chi connectivity index (χ3v) is 4.57. The van der Waals surface area contributed by atoms with Gasteiger partial charge in [0.25, 0.3) is 0 Å². The van der Waals surface area contributed by atoms with E-state index in [0.717, 1.165) is 0 Å². The summed E-state index contributed by atoms with van der Waals surface area (Å²) in [6.07, 6.45) is 17.8. The fraction of sp³-hybridized carbons (Fsp3) is 0.714. The maximum absolute atomic E-state index is 2.47. The fourth-order valence-corrected chi connectivity index (χ4v) is 3.80. The molecule has 0 saturated heterocycles. The van der Waals surface area contributed by atoms with E-state index in [1.807, 2.05) is 5.57 Å². The van der Waals surface area contributed by atoms with Gasteiger partial charge in [-0.2, -0.15) is 0 Å². The quantitative estimate of drug-likeness (QED) is 0.529. The molecule has 1 saturated carbocycles. The highest BCUT2D eigenvalue weighted by Crippen LogP contribution is 2.54. The van der Waals surface area contributed by atoms with Crippen molar-refractivity contribution >= 4 is 0 Å². The van der Waals surface area contributed by atoms with Crippen molar-refractivity contribution in [1.82, 2.24) is 0 Å². The first-order chi connectivity index (χ1) is 6.91. The van der Waals surface area contributed by atoms with Gasteiger partial charge in [-0.1, -0.05) is 37.0 Å². The van der Waals surface area contributed by atoms with E-state index in [0.29, 0.717) is 5.41 Å². The Balaban J connectivity index is 1.93. The van der Waals surface area contributed by atoms with Crippen molar-refractivity contribution in [3.8, 4) is 0 Å². The summed E-state index contributed by atoms with van der Waals surface area (Å²) in [4.78, 5) is 0. The normalized spacial score (nSPS) is 29.7. The smallest absolute Gasteiger partial charge is 0.00445 e. The Labute approximate surface area is 87.1 Å². The van der Waals surface area contributed by atoms with Gasteiger partial charge < -0.3 is 0 Å². The Morgan fingerprint density at radius 2 is 1.79 bits per heavy atom. The minimum absolute atomic E-state index is 0.657. The average Bonchev–Trinajstić information content (AvgIpc) is 2.60. The van der Waals surface area contributed by atoms with Crippen molar-refractivity contribution in [3.63, 3.8) is 0 Å². The van der Waals surface area contributed by atoms with Crippen LogP contribution in [0.5, 0.6) is 0 Å². The molecule has 0 bridgehead atoms. The summed E-state index contributed by atoms with van der Waals surface area (Å²) >= 11 is 0. The molecule has 0 unspecified atom stereocenters. The number of fused-ring (bicyclic) bond motifs is 1. The summed E-state index contributed by atoms with van der Waals surface area (Å²) < 4.78 is 0. The molecule has 0 nitrogen and oxygen atoms in total. The van der Waals surface area contributed by atoms with Gasteiger partial charge in [-0.3, -0.25) is 0 Å². The Morgan fingerprint density at radius 3 is 2.64 bits per heavy atom. The van der Waals surface area contributed by atoms with Crippen LogP contribution in [0.15, 0.2) is 23.3 Å². The summed E-state index contributed by atoms with van der Waals surface area (Å²) in [5.41, 5.74) is 4.25. The van der Waals surface area contributed by atoms with E-state index in [1.54, 1.807) is 5.57 Å². The van der Waals surface area contributed by atoms with E-state index >= 15 is 0 Å². The van der Waals surface area contributed by atoms with Gasteiger partial charge in [0, 0.05) is 0 Å². The molecule has 0 aliphatic heterocycles. The summed E-state index contributed by atoms with van der Waals surface area (Å²) in [7, 11) is 0. The number of rotatable bonds is 0. The van der Waals surface area contributed by atoms with Crippen LogP contribution in [0.25, 0.3) is 0 Å². The summed E-state index contributed by atoms with van der Waals surface area (Å²) in [6, 6.07) is 0. The molecular formula is C14H20. The zero-order valence-corrected chi connectivity index (χ0v) is 9.02. The predicted molar refractivity (Wildman–Crippen MR) is 60.2 cm³/mol. The van der Waals surface area contributed by atoms with Crippen molar-refractivity contribution < 1.29 is 0 Å². The highest BCUT2D eigenvalue weighted by molar-refractivity contribution is 5.39. The lowest BCUT2D eigenvalue weighted by atomic mass is 9.69. The zero-order chi connectivity index (χ0) is 9.43. The number of allylic oxidation sites excluding steroid dienone is 4. The number of hydrogen-bond donors (Lipinski definition) is 0. The molecule has 0 N–H and O–H groups in total. The molecular weight excluding hydrogens is 168 g/mol. The fourth-order valence-electron chi connectivity index (χ4n) is 3.80. The van der Waals surface area contributed by atoms with Gasteiger partial charge >= 0.3 is 0 Å². The molecule has 76 valence electrons. The first-order valence-corrected chi connectivity index (χ1v) is 6.30. The minimum atomic E-state index is 0.657. The van der Waals surface area contributed by atoms with Crippen LogP contribution in [-0.2, 0) is 0 Å². The maximum atomic E-state index is 2.47. The van der Waals surface area contributed by atoms with Crippen molar-refractivity contribution in [2.24, 2.45) is 5.41 Å². The third-order valence-electron chi connectivity index (χ3n) is 4.57. The van der Waals surface area contributed by atoms with Gasteiger partial charge in [-0.15, -0.1) is 0 Å². The lowest BCUT2D eigenvalue weighted by Gasteiger charge is -2.36. The second-order valence-electron chi connectivity index (χ2n) is 5.30. The highest BCUT2D eigenvalue weighted by Gasteiger charge is 2.40. The molecule has 0 amide bonds. The molecule has 0 radical (unpaired) electrons. The SMILES string of the molecule is C1=CC2=C(CC1)CCC21CCCCC1. The van der Waals surface area contributed by atoms with E-state index in [-0.39, 0.29) is 0 Å². The largest absolute Gasteiger partial charge is 0.0839 e. The standard InChI is InChI=1S/C14H20/c1-4-9-14(10-5-1)11-8-12-6-2-3-7-13(12)14/h3,7H,1-2,4-6,8-11H2. The second kappa shape index (κ2) is 3.25. The van der Waals surface area contributed by atoms with Gasteiger partial charge in [0.05, 0.1) is 0 Å². The van der Waals surface area contributed by atoms with E-state index < -0.39 is 0 Å². The topological polar surface area (TPSA) is 0 Å². The van der Waals surface area contributed by atoms with E-state index in [2.05, 4.69) is 12.2 Å². The lowest BCUT2D eigenvalue weighted by molar-refractivity contribution is 0.243. The Kier molecular flexibility index (Phi) is 2.04. The molecule has 0 aromatic heterocycles. The molecule has 3 aliphatic carbocycles. The minimum Gasteiger partial charge on any atom is -0.0839 e. The molecule has 1 spiro atoms. The maximum Gasteiger partial charge on any atom is -0.00445 e. The average molecular weight is 188 g/mol. The Bertz CT molecular complexity index is 287. The molecule has 1 fully saturated rings. The monoisotopic (exact) mass is 188 g/mol. The molecule has 0 atom stereocenters. The van der Waals surface area contributed by atoms with Crippen LogP contribution in [-0.4, -0.2) is 0 Å². The van der Waals surface area contributed by atoms with Gasteiger partial charge in [0.15, 0.2) is 0 Å². The number of hydrogen-bond acceptors (Lipinski definition) is 0. The third kappa shape index (κ3) is 1.20. The van der Waals surface area contributed by atoms with E-state index in [4.69, 9.17) is 0 Å². The molecule has 0 heterocycles. The van der Waals surface area contributed by atoms with Gasteiger partial charge in [0.2, 0.25) is 0 Å². The van der Waals surface area contributed by atoms with Crippen LogP contribution >= 0.6 is 0 Å². The van der Waals surface area contributed by atoms with Crippen LogP contribution in [0, 0.1) is 5.41 Å². The summed E-state index contributed by atoms with van der Waals surface area (Å²) in [6.45, 7) is 0. The van der Waals surface area contributed by atoms with Crippen LogP contribution in [0.1, 0.15) is 57.8 Å². The van der Waals surface area contributed by atoms with Crippen LogP contribution in [0.4, 0.5) is 0 Å². The van der Waals surface area contributed by atoms with E-state index in [9.17, 15) is 0 Å². The lowest BCUT2D eigenvalue weighted by Crippen LogP contribution is -2.23. The van der Waals surface area contributed by atoms with Crippen LogP contribution in [0.2, 0.25) is 0 Å². The van der Waals surface area contributed by atoms with Gasteiger partial charge in [0.1, 0.15) is 0 Å². The Hall–Kier alpha value is -0.520. The molecule has 0 aromatic rings. The van der Waals surface area contributed by atoms with Crippen LogP contribution < -0.4 is 0 Å². The molecule has 14 heavy (non-hydrogen) atoms. The van der Waals surface area contributed by atoms with Crippen molar-refractivity contribution in [2.45, 2.75) is 57.8 Å². The van der Waals surface area contributed by atoms with Crippen molar-refractivity contribution in [1.29, 1.82) is 0 Å². The van der Waals surface area contributed by atoms with Gasteiger partial charge in [-0.05, 0) is 49.5 Å². The van der Waals surface area contributed by atoms with E-state index in [1.165, 1.54) is 57.8 Å². The second-order valence-corrected chi connectivity index (χ2v) is 5.30. The first kappa shape index (κ1) is 8.76. The van der Waals surface area contributed by atoms with Gasteiger partial charge in [-0.25, -0.2) is 0 Å². The van der Waals surface area contributed by atoms with Crippen molar-refractivity contribution in [2.75, 3.05) is 0 Å². The summed E-state index contributed by atoms with van der Waals surface area (Å²) in [5, 5.41) is 0. The predicted octanol–water partition coefficient (Wildman–Crippen LogP) is 4.38. The van der Waals surface area contributed by atoms with Crippen LogP contribution in [0.3, 0.4) is 0 Å². The molecule has 3 aliphatic rings. The zero-order valence-electron chi connectivity index (χ0n) is 9.02.